The van der Waals surface area contributed by atoms with Crippen molar-refractivity contribution in [1.82, 2.24) is 15.1 Å². The predicted molar refractivity (Wildman–Crippen MR) is 121 cm³/mol. The Morgan fingerprint density at radius 3 is 2.48 bits per heavy atom. The number of anilines is 1. The number of hydrogen-bond acceptors (Lipinski definition) is 7. The summed E-state index contributed by atoms with van der Waals surface area (Å²) in [4.78, 5) is 4.66. The zero-order chi connectivity index (χ0) is 22.4. The minimum Gasteiger partial charge on any atom is -0.411 e. The maximum atomic E-state index is 14.2. The van der Waals surface area contributed by atoms with E-state index in [-0.39, 0.29) is 17.5 Å². The number of aromatic nitrogens is 2. The van der Waals surface area contributed by atoms with Crippen LogP contribution < -0.4 is 4.90 Å². The summed E-state index contributed by atoms with van der Waals surface area (Å²) in [5, 5.41) is 17.7. The van der Waals surface area contributed by atoms with E-state index in [2.05, 4.69) is 20.0 Å². The van der Waals surface area contributed by atoms with Gasteiger partial charge in [-0.3, -0.25) is 4.90 Å². The maximum absolute atomic E-state index is 14.2. The second-order valence-corrected chi connectivity index (χ2v) is 10.5. The molecule has 0 amide bonds. The normalized spacial score (nSPS) is 30.6. The summed E-state index contributed by atoms with van der Waals surface area (Å²) in [7, 11) is 0. The maximum Gasteiger partial charge on any atom is 0.318 e. The lowest BCUT2D eigenvalue weighted by atomic mass is 9.76. The minimum atomic E-state index is -0.167. The molecule has 4 fully saturated rings. The number of likely N-dealkylation sites (tertiary alicyclic amines) is 1. The van der Waals surface area contributed by atoms with Crippen LogP contribution in [0.4, 0.5) is 10.4 Å². The number of benzene rings is 1. The van der Waals surface area contributed by atoms with Gasteiger partial charge in [0.25, 0.3) is 0 Å². The van der Waals surface area contributed by atoms with Gasteiger partial charge in [-0.2, -0.15) is 0 Å². The van der Waals surface area contributed by atoms with Gasteiger partial charge in [-0.1, -0.05) is 11.2 Å². The third kappa shape index (κ3) is 4.17. The third-order valence-corrected chi connectivity index (χ3v) is 8.44. The molecule has 1 atom stereocenters. The van der Waals surface area contributed by atoms with Crippen molar-refractivity contribution in [3.05, 3.63) is 41.5 Å². The van der Waals surface area contributed by atoms with Crippen LogP contribution in [0.25, 0.3) is 0 Å². The molecular formula is C25H33FN4O3. The molecule has 0 radical (unpaired) electrons. The third-order valence-electron chi connectivity index (χ3n) is 8.44. The first-order valence-electron chi connectivity index (χ1n) is 12.5. The molecule has 4 heterocycles. The largest absolute Gasteiger partial charge is 0.411 e. The number of halogens is 1. The van der Waals surface area contributed by atoms with Crippen LogP contribution in [-0.4, -0.2) is 70.7 Å². The van der Waals surface area contributed by atoms with Gasteiger partial charge in [0.2, 0.25) is 6.39 Å². The Labute approximate surface area is 193 Å². The van der Waals surface area contributed by atoms with Crippen molar-refractivity contribution >= 4 is 6.01 Å². The fraction of sp³-hybridized carbons (Fsp3) is 0.680. The van der Waals surface area contributed by atoms with E-state index < -0.39 is 0 Å². The van der Waals surface area contributed by atoms with Gasteiger partial charge in [0.05, 0.1) is 25.8 Å². The number of piperidine rings is 1. The van der Waals surface area contributed by atoms with E-state index in [0.29, 0.717) is 23.9 Å². The number of aliphatic hydroxyl groups excluding tert-OH is 1. The summed E-state index contributed by atoms with van der Waals surface area (Å²) in [5.41, 5.74) is 2.45. The lowest BCUT2D eigenvalue weighted by Crippen LogP contribution is -2.62. The molecule has 1 aromatic carbocycles. The highest BCUT2D eigenvalue weighted by atomic mass is 19.1. The number of rotatable bonds is 4. The molecule has 3 saturated heterocycles. The summed E-state index contributed by atoms with van der Waals surface area (Å²) in [6.45, 7) is 4.46. The van der Waals surface area contributed by atoms with E-state index in [1.807, 2.05) is 6.07 Å². The Morgan fingerprint density at radius 1 is 1.00 bits per heavy atom. The fourth-order valence-electron chi connectivity index (χ4n) is 6.60. The molecule has 1 saturated carbocycles. The highest BCUT2D eigenvalue weighted by molar-refractivity contribution is 5.36. The van der Waals surface area contributed by atoms with Crippen LogP contribution in [0.3, 0.4) is 0 Å². The van der Waals surface area contributed by atoms with Crippen molar-refractivity contribution in [3.63, 3.8) is 0 Å². The standard InChI is InChI=1S/C25H33FN4O3/c26-19-3-6-22(17-1-4-21(31)5-2-17)23(11-19)18-7-9-29(10-8-18)20-12-25(33-13-20)14-30(15-25)24-28-27-16-32-24/h3,6,11,16-18,20-21,31H,1-2,4-5,7-10,12-15H2/t17-,20-,21-/m0/s1. The van der Waals surface area contributed by atoms with Crippen LogP contribution in [0.15, 0.2) is 29.0 Å². The summed E-state index contributed by atoms with van der Waals surface area (Å²) in [6.07, 6.45) is 8.07. The number of hydrogen-bond donors (Lipinski definition) is 1. The van der Waals surface area contributed by atoms with Crippen molar-refractivity contribution in [2.75, 3.05) is 37.7 Å². The SMILES string of the molecule is O[C@H]1CC[C@H](c2ccc(F)cc2C2CCN([C@@H]3COC4(C3)CN(c3nnco3)C4)CC2)CC1. The molecule has 8 heteroatoms. The van der Waals surface area contributed by atoms with Crippen LogP contribution in [0.5, 0.6) is 0 Å². The van der Waals surface area contributed by atoms with E-state index in [9.17, 15) is 9.50 Å². The van der Waals surface area contributed by atoms with E-state index >= 15 is 0 Å². The van der Waals surface area contributed by atoms with Gasteiger partial charge >= 0.3 is 6.01 Å². The van der Waals surface area contributed by atoms with Gasteiger partial charge in [-0.15, -0.1) is 5.10 Å². The van der Waals surface area contributed by atoms with Crippen LogP contribution in [0.1, 0.15) is 67.9 Å². The molecular weight excluding hydrogens is 423 g/mol. The zero-order valence-electron chi connectivity index (χ0n) is 19.0. The zero-order valence-corrected chi connectivity index (χ0v) is 19.0. The first kappa shape index (κ1) is 21.5. The smallest absolute Gasteiger partial charge is 0.318 e. The average molecular weight is 457 g/mol. The molecule has 0 unspecified atom stereocenters. The molecule has 1 spiro atoms. The van der Waals surface area contributed by atoms with Gasteiger partial charge in [0.15, 0.2) is 0 Å². The monoisotopic (exact) mass is 456 g/mol. The van der Waals surface area contributed by atoms with Gasteiger partial charge < -0.3 is 19.2 Å². The van der Waals surface area contributed by atoms with Crippen molar-refractivity contribution < 1.29 is 18.7 Å². The molecule has 1 aromatic heterocycles. The summed E-state index contributed by atoms with van der Waals surface area (Å²) in [6, 6.07) is 6.44. The van der Waals surface area contributed by atoms with E-state index in [1.54, 1.807) is 12.1 Å². The average Bonchev–Trinajstić information content (AvgIpc) is 3.49. The number of aliphatic hydroxyl groups is 1. The summed E-state index contributed by atoms with van der Waals surface area (Å²) < 4.78 is 25.8. The van der Waals surface area contributed by atoms with Crippen LogP contribution >= 0.6 is 0 Å². The van der Waals surface area contributed by atoms with Crippen LogP contribution in [0, 0.1) is 5.82 Å². The molecule has 33 heavy (non-hydrogen) atoms. The summed E-state index contributed by atoms with van der Waals surface area (Å²) in [5.74, 6) is 0.728. The molecule has 1 N–H and O–H groups in total. The van der Waals surface area contributed by atoms with Crippen molar-refractivity contribution in [2.24, 2.45) is 0 Å². The molecule has 4 aliphatic rings. The molecule has 2 aromatic rings. The summed E-state index contributed by atoms with van der Waals surface area (Å²) >= 11 is 0. The predicted octanol–water partition coefficient (Wildman–Crippen LogP) is 3.45. The highest BCUT2D eigenvalue weighted by Crippen LogP contribution is 2.42. The second kappa shape index (κ2) is 8.64. The first-order chi connectivity index (χ1) is 16.1. The van der Waals surface area contributed by atoms with Crippen molar-refractivity contribution in [1.29, 1.82) is 0 Å². The Kier molecular flexibility index (Phi) is 5.63. The van der Waals surface area contributed by atoms with Crippen molar-refractivity contribution in [2.45, 2.75) is 74.5 Å². The van der Waals surface area contributed by atoms with Gasteiger partial charge in [0, 0.05) is 6.04 Å². The van der Waals surface area contributed by atoms with E-state index in [1.165, 1.54) is 17.5 Å². The quantitative estimate of drug-likeness (QED) is 0.755. The van der Waals surface area contributed by atoms with E-state index in [0.717, 1.165) is 77.7 Å². The highest BCUT2D eigenvalue weighted by Gasteiger charge is 2.52. The lowest BCUT2D eigenvalue weighted by Gasteiger charge is -2.46. The fourth-order valence-corrected chi connectivity index (χ4v) is 6.60. The molecule has 1 aliphatic carbocycles. The molecule has 178 valence electrons. The van der Waals surface area contributed by atoms with Crippen LogP contribution in [0.2, 0.25) is 0 Å². The number of ether oxygens (including phenoxy) is 1. The van der Waals surface area contributed by atoms with Gasteiger partial charge in [-0.05, 0) is 93.1 Å². The Hall–Kier alpha value is -2.03. The van der Waals surface area contributed by atoms with Crippen LogP contribution in [-0.2, 0) is 4.74 Å². The molecule has 3 aliphatic heterocycles. The molecule has 7 nitrogen and oxygen atoms in total. The molecule has 0 bridgehead atoms. The Bertz CT molecular complexity index is 949. The number of nitrogens with zero attached hydrogens (tertiary/aromatic N) is 4. The molecule has 6 rings (SSSR count). The van der Waals surface area contributed by atoms with Crippen molar-refractivity contribution in [3.8, 4) is 0 Å². The topological polar surface area (TPSA) is 74.9 Å². The Morgan fingerprint density at radius 2 is 1.76 bits per heavy atom. The second-order valence-electron chi connectivity index (χ2n) is 10.5. The Balaban J connectivity index is 1.07. The minimum absolute atomic E-state index is 0.0861. The van der Waals surface area contributed by atoms with Gasteiger partial charge in [0.1, 0.15) is 11.4 Å². The van der Waals surface area contributed by atoms with Gasteiger partial charge in [-0.25, -0.2) is 4.39 Å². The van der Waals surface area contributed by atoms with E-state index in [4.69, 9.17) is 9.15 Å². The first-order valence-corrected chi connectivity index (χ1v) is 12.5. The lowest BCUT2D eigenvalue weighted by molar-refractivity contribution is -0.0216.